The zero-order chi connectivity index (χ0) is 12.1. The lowest BCUT2D eigenvalue weighted by molar-refractivity contribution is -0.125. The molecule has 16 heavy (non-hydrogen) atoms. The Kier molecular flexibility index (Phi) is 5.00. The van der Waals surface area contributed by atoms with Gasteiger partial charge in [0.25, 0.3) is 0 Å². The molecule has 0 aliphatic rings. The minimum atomic E-state index is 0.0546. The summed E-state index contributed by atoms with van der Waals surface area (Å²) in [6, 6.07) is 8.06. The lowest BCUT2D eigenvalue weighted by Gasteiger charge is -2.17. The number of halogens is 1. The molecule has 0 radical (unpaired) electrons. The third-order valence-corrected chi connectivity index (χ3v) is 3.26. The molecular formula is C13H18BrNO. The van der Waals surface area contributed by atoms with Crippen molar-refractivity contribution in [2.24, 2.45) is 5.92 Å². The van der Waals surface area contributed by atoms with Crippen molar-refractivity contribution in [2.75, 3.05) is 0 Å². The van der Waals surface area contributed by atoms with E-state index in [9.17, 15) is 4.79 Å². The molecule has 0 spiro atoms. The fraction of sp³-hybridized carbons (Fsp3) is 0.462. The Morgan fingerprint density at radius 1 is 1.44 bits per heavy atom. The van der Waals surface area contributed by atoms with E-state index in [1.807, 2.05) is 45.0 Å². The van der Waals surface area contributed by atoms with Gasteiger partial charge < -0.3 is 5.32 Å². The van der Waals surface area contributed by atoms with E-state index in [0.717, 1.165) is 16.5 Å². The third kappa shape index (κ3) is 3.63. The van der Waals surface area contributed by atoms with Crippen molar-refractivity contribution < 1.29 is 4.79 Å². The van der Waals surface area contributed by atoms with Crippen LogP contribution in [-0.4, -0.2) is 5.91 Å². The Morgan fingerprint density at radius 2 is 2.12 bits per heavy atom. The first-order chi connectivity index (χ1) is 7.54. The van der Waals surface area contributed by atoms with Gasteiger partial charge in [0, 0.05) is 10.4 Å². The van der Waals surface area contributed by atoms with Crippen LogP contribution < -0.4 is 5.32 Å². The van der Waals surface area contributed by atoms with Crippen LogP contribution in [0.5, 0.6) is 0 Å². The second-order valence-corrected chi connectivity index (χ2v) is 5.01. The maximum absolute atomic E-state index is 11.7. The molecular weight excluding hydrogens is 266 g/mol. The minimum Gasteiger partial charge on any atom is -0.349 e. The van der Waals surface area contributed by atoms with Crippen molar-refractivity contribution in [3.05, 3.63) is 34.3 Å². The molecule has 2 atom stereocenters. The minimum absolute atomic E-state index is 0.0546. The van der Waals surface area contributed by atoms with Crippen LogP contribution in [0.3, 0.4) is 0 Å². The molecule has 0 saturated carbocycles. The molecule has 1 rings (SSSR count). The second kappa shape index (κ2) is 6.04. The van der Waals surface area contributed by atoms with Crippen LogP contribution in [-0.2, 0) is 4.79 Å². The Hall–Kier alpha value is -0.830. The second-order valence-electron chi connectivity index (χ2n) is 4.09. The Morgan fingerprint density at radius 3 is 2.69 bits per heavy atom. The van der Waals surface area contributed by atoms with Gasteiger partial charge in [0.05, 0.1) is 6.04 Å². The first-order valence-corrected chi connectivity index (χ1v) is 6.39. The van der Waals surface area contributed by atoms with E-state index < -0.39 is 0 Å². The first kappa shape index (κ1) is 13.2. The van der Waals surface area contributed by atoms with Crippen LogP contribution in [0.4, 0.5) is 0 Å². The summed E-state index contributed by atoms with van der Waals surface area (Å²) in [5.41, 5.74) is 1.12. The number of rotatable bonds is 4. The molecule has 0 aromatic heterocycles. The fourth-order valence-corrected chi connectivity index (χ4v) is 1.82. The average molecular weight is 284 g/mol. The molecule has 88 valence electrons. The van der Waals surface area contributed by atoms with Gasteiger partial charge in [0.1, 0.15) is 0 Å². The molecule has 0 saturated heterocycles. The number of carbonyl (C=O) groups excluding carboxylic acids is 1. The molecule has 0 bridgehead atoms. The number of carbonyl (C=O) groups is 1. The van der Waals surface area contributed by atoms with E-state index in [0.29, 0.717) is 0 Å². The van der Waals surface area contributed by atoms with Gasteiger partial charge in [-0.3, -0.25) is 4.79 Å². The topological polar surface area (TPSA) is 29.1 Å². The SMILES string of the molecule is CCC(C)C(=O)NC(C)c1cccc(Br)c1. The molecule has 0 fully saturated rings. The summed E-state index contributed by atoms with van der Waals surface area (Å²) in [4.78, 5) is 11.7. The average Bonchev–Trinajstić information content (AvgIpc) is 2.27. The van der Waals surface area contributed by atoms with Crippen molar-refractivity contribution in [3.8, 4) is 0 Å². The van der Waals surface area contributed by atoms with E-state index in [4.69, 9.17) is 0 Å². The van der Waals surface area contributed by atoms with Crippen molar-refractivity contribution >= 4 is 21.8 Å². The number of amides is 1. The molecule has 0 heterocycles. The van der Waals surface area contributed by atoms with Gasteiger partial charge in [0.2, 0.25) is 5.91 Å². The van der Waals surface area contributed by atoms with E-state index in [1.165, 1.54) is 0 Å². The van der Waals surface area contributed by atoms with E-state index in [1.54, 1.807) is 0 Å². The van der Waals surface area contributed by atoms with Crippen LogP contribution in [0.1, 0.15) is 38.8 Å². The molecule has 1 N–H and O–H groups in total. The van der Waals surface area contributed by atoms with Crippen LogP contribution in [0.15, 0.2) is 28.7 Å². The largest absolute Gasteiger partial charge is 0.349 e. The number of benzene rings is 1. The zero-order valence-electron chi connectivity index (χ0n) is 9.96. The van der Waals surface area contributed by atoms with Crippen molar-refractivity contribution in [1.29, 1.82) is 0 Å². The fourth-order valence-electron chi connectivity index (χ4n) is 1.40. The Balaban J connectivity index is 2.65. The van der Waals surface area contributed by atoms with Gasteiger partial charge >= 0.3 is 0 Å². The maximum atomic E-state index is 11.7. The van der Waals surface area contributed by atoms with E-state index in [2.05, 4.69) is 21.2 Å². The summed E-state index contributed by atoms with van der Waals surface area (Å²) in [6.07, 6.45) is 0.872. The van der Waals surface area contributed by atoms with Crippen molar-refractivity contribution in [3.63, 3.8) is 0 Å². The summed E-state index contributed by atoms with van der Waals surface area (Å²) in [5.74, 6) is 0.199. The summed E-state index contributed by atoms with van der Waals surface area (Å²) in [6.45, 7) is 5.97. The molecule has 2 unspecified atom stereocenters. The summed E-state index contributed by atoms with van der Waals surface area (Å²) in [7, 11) is 0. The van der Waals surface area contributed by atoms with Crippen LogP contribution in [0.2, 0.25) is 0 Å². The molecule has 3 heteroatoms. The third-order valence-electron chi connectivity index (χ3n) is 2.77. The van der Waals surface area contributed by atoms with E-state index >= 15 is 0 Å². The number of hydrogen-bond acceptors (Lipinski definition) is 1. The summed E-state index contributed by atoms with van der Waals surface area (Å²) >= 11 is 3.43. The molecule has 1 amide bonds. The monoisotopic (exact) mass is 283 g/mol. The van der Waals surface area contributed by atoms with Crippen LogP contribution in [0.25, 0.3) is 0 Å². The standard InChI is InChI=1S/C13H18BrNO/c1-4-9(2)13(16)15-10(3)11-6-5-7-12(14)8-11/h5-10H,4H2,1-3H3,(H,15,16). The van der Waals surface area contributed by atoms with Gasteiger partial charge in [0.15, 0.2) is 0 Å². The predicted octanol–water partition coefficient (Wildman–Crippen LogP) is 3.67. The summed E-state index contributed by atoms with van der Waals surface area (Å²) in [5, 5.41) is 3.01. The predicted molar refractivity (Wildman–Crippen MR) is 70.2 cm³/mol. The molecule has 0 aliphatic carbocycles. The smallest absolute Gasteiger partial charge is 0.223 e. The van der Waals surface area contributed by atoms with Crippen LogP contribution in [0, 0.1) is 5.92 Å². The molecule has 0 aliphatic heterocycles. The molecule has 2 nitrogen and oxygen atoms in total. The highest BCUT2D eigenvalue weighted by atomic mass is 79.9. The number of nitrogens with one attached hydrogen (secondary N) is 1. The van der Waals surface area contributed by atoms with Crippen molar-refractivity contribution in [1.82, 2.24) is 5.32 Å². The highest BCUT2D eigenvalue weighted by molar-refractivity contribution is 9.10. The lowest BCUT2D eigenvalue weighted by atomic mass is 10.1. The Labute approximate surface area is 106 Å². The van der Waals surface area contributed by atoms with Gasteiger partial charge in [-0.15, -0.1) is 0 Å². The first-order valence-electron chi connectivity index (χ1n) is 5.60. The highest BCUT2D eigenvalue weighted by Crippen LogP contribution is 2.18. The molecule has 1 aromatic carbocycles. The highest BCUT2D eigenvalue weighted by Gasteiger charge is 2.14. The van der Waals surface area contributed by atoms with Crippen LogP contribution >= 0.6 is 15.9 Å². The number of hydrogen-bond donors (Lipinski definition) is 1. The molecule has 1 aromatic rings. The maximum Gasteiger partial charge on any atom is 0.223 e. The quantitative estimate of drug-likeness (QED) is 0.898. The van der Waals surface area contributed by atoms with Gasteiger partial charge in [-0.1, -0.05) is 41.9 Å². The lowest BCUT2D eigenvalue weighted by Crippen LogP contribution is -2.31. The zero-order valence-corrected chi connectivity index (χ0v) is 11.5. The Bertz CT molecular complexity index is 365. The van der Waals surface area contributed by atoms with Gasteiger partial charge in [-0.25, -0.2) is 0 Å². The van der Waals surface area contributed by atoms with Crippen molar-refractivity contribution in [2.45, 2.75) is 33.2 Å². The van der Waals surface area contributed by atoms with Gasteiger partial charge in [-0.05, 0) is 31.0 Å². The van der Waals surface area contributed by atoms with E-state index in [-0.39, 0.29) is 17.9 Å². The van der Waals surface area contributed by atoms with Gasteiger partial charge in [-0.2, -0.15) is 0 Å². The normalized spacial score (nSPS) is 14.2. The summed E-state index contributed by atoms with van der Waals surface area (Å²) < 4.78 is 1.04.